The van der Waals surface area contributed by atoms with Gasteiger partial charge in [-0.2, -0.15) is 11.8 Å². The molecule has 3 amide bonds. The normalized spacial score (nSPS) is 15.2. The first-order valence-corrected chi connectivity index (χ1v) is 10.1. The number of carbonyl (C=O) groups is 4. The van der Waals surface area contributed by atoms with E-state index >= 15 is 0 Å². The van der Waals surface area contributed by atoms with E-state index in [4.69, 9.17) is 15.9 Å². The van der Waals surface area contributed by atoms with Crippen molar-refractivity contribution >= 4 is 35.5 Å². The van der Waals surface area contributed by atoms with Crippen molar-refractivity contribution in [2.75, 3.05) is 25.2 Å². The molecule has 0 aliphatic heterocycles. The van der Waals surface area contributed by atoms with E-state index in [1.807, 2.05) is 0 Å². The number of rotatable bonds is 13. The van der Waals surface area contributed by atoms with Crippen molar-refractivity contribution in [1.29, 1.82) is 0 Å². The highest BCUT2D eigenvalue weighted by atomic mass is 32.2. The van der Waals surface area contributed by atoms with Crippen molar-refractivity contribution in [2.45, 2.75) is 44.4 Å². The number of nitrogens with two attached hydrogens (primary N) is 1. The number of carbonyl (C=O) groups excluding carboxylic acids is 3. The predicted octanol–water partition coefficient (Wildman–Crippen LogP) is -2.75. The monoisotopic (exact) mass is 422 g/mol. The lowest BCUT2D eigenvalue weighted by Crippen LogP contribution is -2.58. The molecule has 8 N–H and O–H groups in total. The Morgan fingerprint density at radius 1 is 0.893 bits per heavy atom. The highest BCUT2D eigenvalue weighted by Gasteiger charge is 2.30. The number of aliphatic hydroxyl groups is 2. The van der Waals surface area contributed by atoms with Gasteiger partial charge in [0.1, 0.15) is 18.1 Å². The Labute approximate surface area is 167 Å². The molecular weight excluding hydrogens is 392 g/mol. The molecule has 0 saturated carbocycles. The zero-order chi connectivity index (χ0) is 21.9. The maximum absolute atomic E-state index is 12.4. The first-order valence-electron chi connectivity index (χ1n) is 8.69. The van der Waals surface area contributed by atoms with Crippen LogP contribution in [-0.2, 0) is 19.2 Å². The number of aliphatic hydroxyl groups excluding tert-OH is 2. The minimum Gasteiger partial charge on any atom is -0.480 e. The summed E-state index contributed by atoms with van der Waals surface area (Å²) in [5.74, 6) is -3.37. The van der Waals surface area contributed by atoms with E-state index in [0.717, 1.165) is 0 Å². The van der Waals surface area contributed by atoms with E-state index < -0.39 is 61.1 Å². The van der Waals surface area contributed by atoms with Crippen LogP contribution in [0, 0.1) is 5.92 Å². The first kappa shape index (κ1) is 26.1. The summed E-state index contributed by atoms with van der Waals surface area (Å²) in [4.78, 5) is 47.7. The van der Waals surface area contributed by atoms with Gasteiger partial charge in [-0.3, -0.25) is 14.4 Å². The third kappa shape index (κ3) is 8.87. The van der Waals surface area contributed by atoms with Crippen LogP contribution in [0.4, 0.5) is 0 Å². The Morgan fingerprint density at radius 3 is 1.79 bits per heavy atom. The summed E-state index contributed by atoms with van der Waals surface area (Å²) >= 11 is 1.40. The number of nitrogens with one attached hydrogen (secondary N) is 3. The quantitative estimate of drug-likeness (QED) is 0.165. The number of hydrogen-bond acceptors (Lipinski definition) is 8. The standard InChI is InChI=1S/C16H30N4O7S/c1-8(2)12(17)15(25)19-10(6-21)14(24)18-9(4-5-28-3)13(23)20-11(7-22)16(26)27/h8-12,21-22H,4-7,17H2,1-3H3,(H,18,24)(H,19,25)(H,20,23)(H,26,27). The summed E-state index contributed by atoms with van der Waals surface area (Å²) in [6.07, 6.45) is 1.96. The number of thioether (sulfide) groups is 1. The maximum atomic E-state index is 12.4. The molecule has 11 nitrogen and oxygen atoms in total. The zero-order valence-electron chi connectivity index (χ0n) is 16.2. The van der Waals surface area contributed by atoms with E-state index in [-0.39, 0.29) is 12.3 Å². The van der Waals surface area contributed by atoms with Gasteiger partial charge >= 0.3 is 5.97 Å². The van der Waals surface area contributed by atoms with Crippen LogP contribution < -0.4 is 21.7 Å². The molecule has 4 unspecified atom stereocenters. The number of aliphatic carboxylic acids is 1. The average Bonchev–Trinajstić information content (AvgIpc) is 2.65. The summed E-state index contributed by atoms with van der Waals surface area (Å²) in [6.45, 7) is 1.92. The third-order valence-corrected chi connectivity index (χ3v) is 4.52. The summed E-state index contributed by atoms with van der Waals surface area (Å²) in [5.41, 5.74) is 5.71. The van der Waals surface area contributed by atoms with E-state index in [1.165, 1.54) is 11.8 Å². The van der Waals surface area contributed by atoms with Crippen molar-refractivity contribution < 1.29 is 34.5 Å². The van der Waals surface area contributed by atoms with Gasteiger partial charge in [-0.1, -0.05) is 13.8 Å². The van der Waals surface area contributed by atoms with E-state index in [0.29, 0.717) is 5.75 Å². The molecule has 28 heavy (non-hydrogen) atoms. The van der Waals surface area contributed by atoms with Crippen LogP contribution in [0.5, 0.6) is 0 Å². The Hall–Kier alpha value is -1.89. The van der Waals surface area contributed by atoms with Crippen molar-refractivity contribution in [3.8, 4) is 0 Å². The summed E-state index contributed by atoms with van der Waals surface area (Å²) < 4.78 is 0. The van der Waals surface area contributed by atoms with Crippen molar-refractivity contribution in [1.82, 2.24) is 16.0 Å². The van der Waals surface area contributed by atoms with Crippen LogP contribution in [0.1, 0.15) is 20.3 Å². The lowest BCUT2D eigenvalue weighted by molar-refractivity contribution is -0.143. The Kier molecular flexibility index (Phi) is 12.4. The second-order valence-electron chi connectivity index (χ2n) is 6.44. The number of carboxylic acids is 1. The summed E-state index contributed by atoms with van der Waals surface area (Å²) in [7, 11) is 0. The fourth-order valence-corrected chi connectivity index (χ4v) is 2.47. The molecule has 4 atom stereocenters. The molecule has 0 aromatic heterocycles. The predicted molar refractivity (Wildman–Crippen MR) is 103 cm³/mol. The van der Waals surface area contributed by atoms with Gasteiger partial charge in [0, 0.05) is 0 Å². The molecule has 0 aromatic carbocycles. The first-order chi connectivity index (χ1) is 13.1. The van der Waals surface area contributed by atoms with Crippen molar-refractivity contribution in [3.05, 3.63) is 0 Å². The molecule has 0 fully saturated rings. The molecule has 0 radical (unpaired) electrons. The number of amides is 3. The minimum atomic E-state index is -1.52. The summed E-state index contributed by atoms with van der Waals surface area (Å²) in [5, 5.41) is 34.2. The molecule has 0 aliphatic rings. The van der Waals surface area contributed by atoms with Crippen molar-refractivity contribution in [2.24, 2.45) is 11.7 Å². The third-order valence-electron chi connectivity index (χ3n) is 3.88. The van der Waals surface area contributed by atoms with Crippen LogP contribution in [0.2, 0.25) is 0 Å². The van der Waals surface area contributed by atoms with Gasteiger partial charge in [-0.15, -0.1) is 0 Å². The van der Waals surface area contributed by atoms with E-state index in [1.54, 1.807) is 20.1 Å². The van der Waals surface area contributed by atoms with Crippen LogP contribution in [0.25, 0.3) is 0 Å². The second kappa shape index (κ2) is 13.3. The molecule has 0 bridgehead atoms. The SMILES string of the molecule is CSCCC(NC(=O)C(CO)NC(=O)C(N)C(C)C)C(=O)NC(CO)C(=O)O. The van der Waals surface area contributed by atoms with Crippen LogP contribution >= 0.6 is 11.8 Å². The van der Waals surface area contributed by atoms with Gasteiger partial charge in [0.25, 0.3) is 0 Å². The topological polar surface area (TPSA) is 191 Å². The highest BCUT2D eigenvalue weighted by molar-refractivity contribution is 7.98. The van der Waals surface area contributed by atoms with Gasteiger partial charge in [0.05, 0.1) is 19.3 Å². The van der Waals surface area contributed by atoms with Crippen LogP contribution in [0.3, 0.4) is 0 Å². The van der Waals surface area contributed by atoms with Crippen LogP contribution in [-0.4, -0.2) is 88.4 Å². The Balaban J connectivity index is 5.12. The molecule has 0 saturated heterocycles. The molecule has 0 aromatic rings. The molecule has 0 aliphatic carbocycles. The van der Waals surface area contributed by atoms with Gasteiger partial charge in [-0.25, -0.2) is 4.79 Å². The lowest BCUT2D eigenvalue weighted by atomic mass is 10.0. The van der Waals surface area contributed by atoms with E-state index in [9.17, 15) is 24.3 Å². The summed E-state index contributed by atoms with van der Waals surface area (Å²) in [6, 6.07) is -4.83. The maximum Gasteiger partial charge on any atom is 0.328 e. The van der Waals surface area contributed by atoms with Crippen LogP contribution in [0.15, 0.2) is 0 Å². The highest BCUT2D eigenvalue weighted by Crippen LogP contribution is 2.03. The molecule has 0 heterocycles. The number of hydrogen-bond donors (Lipinski definition) is 7. The van der Waals surface area contributed by atoms with Gasteiger partial charge < -0.3 is 37.0 Å². The molecule has 162 valence electrons. The van der Waals surface area contributed by atoms with Gasteiger partial charge in [0.15, 0.2) is 0 Å². The molecule has 0 rings (SSSR count). The van der Waals surface area contributed by atoms with Gasteiger partial charge in [0.2, 0.25) is 17.7 Å². The average molecular weight is 423 g/mol. The van der Waals surface area contributed by atoms with Gasteiger partial charge in [-0.05, 0) is 24.3 Å². The Bertz CT molecular complexity index is 547. The number of carboxylic acid groups (broad SMARTS) is 1. The molecular formula is C16H30N4O7S. The van der Waals surface area contributed by atoms with Crippen molar-refractivity contribution in [3.63, 3.8) is 0 Å². The smallest absolute Gasteiger partial charge is 0.328 e. The lowest BCUT2D eigenvalue weighted by Gasteiger charge is -2.24. The minimum absolute atomic E-state index is 0.175. The second-order valence-corrected chi connectivity index (χ2v) is 7.42. The Morgan fingerprint density at radius 2 is 1.36 bits per heavy atom. The molecule has 12 heteroatoms. The molecule has 0 spiro atoms. The fourth-order valence-electron chi connectivity index (χ4n) is 2.00. The van der Waals surface area contributed by atoms with E-state index in [2.05, 4.69) is 16.0 Å². The fraction of sp³-hybridized carbons (Fsp3) is 0.750. The largest absolute Gasteiger partial charge is 0.480 e. The zero-order valence-corrected chi connectivity index (χ0v) is 17.0.